The van der Waals surface area contributed by atoms with E-state index < -0.39 is 27.3 Å². The molecule has 0 amide bonds. The molecule has 0 fully saturated rings. The number of nitrogens with one attached hydrogen (secondary N) is 1. The van der Waals surface area contributed by atoms with E-state index in [1.807, 2.05) is 0 Å². The number of nitrogens with zero attached hydrogens (tertiary/aromatic N) is 5. The Morgan fingerprint density at radius 3 is 2.20 bits per heavy atom. The molecule has 0 aromatic carbocycles. The molecule has 12 heteroatoms. The van der Waals surface area contributed by atoms with Crippen LogP contribution in [0.2, 0.25) is 0 Å². The SMILES string of the molecule is O=C(O)C(c1nn[nH]n1)([N+](=O)[O-])[N+](=O)[O-]. The van der Waals surface area contributed by atoms with Crippen LogP contribution in [-0.2, 0) is 10.5 Å². The number of hydrogen-bond donors (Lipinski definition) is 2. The summed E-state index contributed by atoms with van der Waals surface area (Å²) in [7, 11) is 0. The third kappa shape index (κ3) is 1.23. The molecule has 0 radical (unpaired) electrons. The summed E-state index contributed by atoms with van der Waals surface area (Å²) in [6.07, 6.45) is 0. The molecular weight excluding hydrogens is 216 g/mol. The van der Waals surface area contributed by atoms with E-state index in [0.29, 0.717) is 0 Å². The number of aromatic amines is 1. The zero-order valence-electron chi connectivity index (χ0n) is 6.72. The topological polar surface area (TPSA) is 178 Å². The van der Waals surface area contributed by atoms with Gasteiger partial charge in [0.25, 0.3) is 0 Å². The van der Waals surface area contributed by atoms with Crippen molar-refractivity contribution in [2.45, 2.75) is 5.66 Å². The van der Waals surface area contributed by atoms with E-state index in [0.717, 1.165) is 0 Å². The highest BCUT2D eigenvalue weighted by Crippen LogP contribution is 2.21. The summed E-state index contributed by atoms with van der Waals surface area (Å²) in [6.45, 7) is 0. The lowest BCUT2D eigenvalue weighted by Gasteiger charge is -2.07. The number of carboxylic acids is 1. The first-order valence-corrected chi connectivity index (χ1v) is 3.20. The molecule has 2 N–H and O–H groups in total. The van der Waals surface area contributed by atoms with Crippen LogP contribution < -0.4 is 0 Å². The van der Waals surface area contributed by atoms with Gasteiger partial charge in [0, 0.05) is 0 Å². The number of carboxylic acid groups (broad SMARTS) is 1. The van der Waals surface area contributed by atoms with Gasteiger partial charge < -0.3 is 5.11 Å². The van der Waals surface area contributed by atoms with Crippen molar-refractivity contribution in [3.8, 4) is 0 Å². The number of nitro groups is 2. The van der Waals surface area contributed by atoms with Gasteiger partial charge in [0.15, 0.2) is 0 Å². The Kier molecular flexibility index (Phi) is 2.25. The molecule has 80 valence electrons. The predicted octanol–water partition coefficient (Wildman–Crippen LogP) is -2.01. The quantitative estimate of drug-likeness (QED) is 0.328. The van der Waals surface area contributed by atoms with E-state index >= 15 is 0 Å². The Labute approximate surface area is 79.2 Å². The van der Waals surface area contributed by atoms with E-state index in [1.165, 1.54) is 0 Å². The second-order valence-corrected chi connectivity index (χ2v) is 2.23. The molecule has 0 unspecified atom stereocenters. The number of aromatic nitrogens is 4. The average Bonchev–Trinajstić information content (AvgIpc) is 2.55. The van der Waals surface area contributed by atoms with Crippen LogP contribution in [0, 0.1) is 20.2 Å². The Morgan fingerprint density at radius 2 is 1.93 bits per heavy atom. The van der Waals surface area contributed by atoms with E-state index in [9.17, 15) is 25.0 Å². The summed E-state index contributed by atoms with van der Waals surface area (Å²) in [5.41, 5.74) is -3.63. The molecule has 0 aliphatic heterocycles. The maximum Gasteiger partial charge on any atom is 0.616 e. The van der Waals surface area contributed by atoms with Crippen molar-refractivity contribution >= 4 is 5.97 Å². The third-order valence-electron chi connectivity index (χ3n) is 1.48. The first-order chi connectivity index (χ1) is 6.94. The summed E-state index contributed by atoms with van der Waals surface area (Å²) in [5, 5.41) is 39.9. The van der Waals surface area contributed by atoms with E-state index in [1.54, 1.807) is 5.21 Å². The minimum Gasteiger partial charge on any atom is -0.470 e. The second-order valence-electron chi connectivity index (χ2n) is 2.23. The molecule has 1 heterocycles. The lowest BCUT2D eigenvalue weighted by atomic mass is 10.2. The van der Waals surface area contributed by atoms with Gasteiger partial charge in [-0.3, -0.25) is 20.2 Å². The lowest BCUT2D eigenvalue weighted by Crippen LogP contribution is -2.51. The van der Waals surface area contributed by atoms with Crippen LogP contribution in [0.15, 0.2) is 0 Å². The summed E-state index contributed by atoms with van der Waals surface area (Å²) < 4.78 is 0. The van der Waals surface area contributed by atoms with Crippen LogP contribution in [0.25, 0.3) is 0 Å². The number of hydrogen-bond acceptors (Lipinski definition) is 8. The normalized spacial score (nSPS) is 10.9. The Bertz CT molecular complexity index is 374. The van der Waals surface area contributed by atoms with Crippen molar-refractivity contribution in [2.24, 2.45) is 0 Å². The summed E-state index contributed by atoms with van der Waals surface area (Å²) in [4.78, 5) is 28.3. The third-order valence-corrected chi connectivity index (χ3v) is 1.48. The van der Waals surface area contributed by atoms with Gasteiger partial charge in [-0.2, -0.15) is 5.21 Å². The molecule has 0 saturated heterocycles. The molecule has 1 aromatic rings. The van der Waals surface area contributed by atoms with Gasteiger partial charge in [-0.15, -0.1) is 5.10 Å². The van der Waals surface area contributed by atoms with Crippen LogP contribution in [-0.4, -0.2) is 41.5 Å². The average molecular weight is 218 g/mol. The van der Waals surface area contributed by atoms with Crippen LogP contribution >= 0.6 is 0 Å². The van der Waals surface area contributed by atoms with Gasteiger partial charge >= 0.3 is 17.5 Å². The molecule has 1 rings (SSSR count). The fraction of sp³-hybridized carbons (Fsp3) is 0.333. The number of carbonyl (C=O) groups is 1. The van der Waals surface area contributed by atoms with Gasteiger partial charge in [-0.25, -0.2) is 4.79 Å². The predicted molar refractivity (Wildman–Crippen MR) is 37.5 cm³/mol. The largest absolute Gasteiger partial charge is 0.616 e. The van der Waals surface area contributed by atoms with E-state index in [-0.39, 0.29) is 0 Å². The fourth-order valence-corrected chi connectivity index (χ4v) is 0.791. The van der Waals surface area contributed by atoms with E-state index in [2.05, 4.69) is 15.4 Å². The second kappa shape index (κ2) is 3.24. The van der Waals surface area contributed by atoms with Crippen molar-refractivity contribution in [2.75, 3.05) is 0 Å². The molecule has 0 bridgehead atoms. The molecule has 15 heavy (non-hydrogen) atoms. The Morgan fingerprint density at radius 1 is 1.40 bits per heavy atom. The minimum atomic E-state index is -3.63. The van der Waals surface area contributed by atoms with E-state index in [4.69, 9.17) is 5.11 Å². The van der Waals surface area contributed by atoms with Crippen molar-refractivity contribution in [3.05, 3.63) is 26.1 Å². The van der Waals surface area contributed by atoms with Gasteiger partial charge in [0.05, 0.1) is 0 Å². The maximum absolute atomic E-state index is 10.6. The van der Waals surface area contributed by atoms with Gasteiger partial charge in [-0.05, 0) is 5.21 Å². The molecular formula is C3H2N6O6. The highest BCUT2D eigenvalue weighted by atomic mass is 16.7. The van der Waals surface area contributed by atoms with Crippen molar-refractivity contribution in [3.63, 3.8) is 0 Å². The Hall–Kier alpha value is -2.66. The van der Waals surface area contributed by atoms with Gasteiger partial charge in [-0.1, -0.05) is 5.10 Å². The first-order valence-electron chi connectivity index (χ1n) is 3.20. The highest BCUT2D eigenvalue weighted by molar-refractivity contribution is 5.75. The van der Waals surface area contributed by atoms with Crippen molar-refractivity contribution in [1.82, 2.24) is 20.6 Å². The highest BCUT2D eigenvalue weighted by Gasteiger charge is 2.71. The molecule has 12 nitrogen and oxygen atoms in total. The molecule has 1 aromatic heterocycles. The summed E-state index contributed by atoms with van der Waals surface area (Å²) >= 11 is 0. The van der Waals surface area contributed by atoms with Crippen molar-refractivity contribution < 1.29 is 19.7 Å². The summed E-state index contributed by atoms with van der Waals surface area (Å²) in [6, 6.07) is 0. The smallest absolute Gasteiger partial charge is 0.470 e. The number of tetrazole rings is 1. The maximum atomic E-state index is 10.6. The zero-order chi connectivity index (χ0) is 11.6. The number of H-pyrrole nitrogens is 1. The zero-order valence-corrected chi connectivity index (χ0v) is 6.72. The lowest BCUT2D eigenvalue weighted by molar-refractivity contribution is -0.792. The molecule has 0 saturated carbocycles. The fourth-order valence-electron chi connectivity index (χ4n) is 0.791. The number of aliphatic carboxylic acids is 1. The summed E-state index contributed by atoms with van der Waals surface area (Å²) in [5.74, 6) is -3.45. The van der Waals surface area contributed by atoms with Gasteiger partial charge in [0.1, 0.15) is 9.85 Å². The van der Waals surface area contributed by atoms with Crippen LogP contribution in [0.3, 0.4) is 0 Å². The molecule has 0 aliphatic carbocycles. The van der Waals surface area contributed by atoms with Crippen LogP contribution in [0.5, 0.6) is 0 Å². The molecule has 0 spiro atoms. The van der Waals surface area contributed by atoms with Crippen LogP contribution in [0.1, 0.15) is 5.82 Å². The molecule has 0 atom stereocenters. The Balaban J connectivity index is 3.47. The monoisotopic (exact) mass is 218 g/mol. The van der Waals surface area contributed by atoms with Crippen molar-refractivity contribution in [1.29, 1.82) is 0 Å². The standard InChI is InChI=1S/C3H2N6O6/c10-2(11)3(8(12)13,9(14)15)1-4-6-7-5-1/h(H,10,11)(H,4,5,6,7). The first kappa shape index (κ1) is 10.4. The van der Waals surface area contributed by atoms with Crippen LogP contribution in [0.4, 0.5) is 0 Å². The van der Waals surface area contributed by atoms with Gasteiger partial charge in [0.2, 0.25) is 0 Å². The molecule has 0 aliphatic rings. The minimum absolute atomic E-state index is 1.15. The number of rotatable bonds is 4.